The van der Waals surface area contributed by atoms with Crippen LogP contribution in [-0.4, -0.2) is 51.8 Å². The molecule has 3 aromatic rings. The minimum Gasteiger partial charge on any atom is -0.504 e. The quantitative estimate of drug-likeness (QED) is 0.245. The molecule has 2 N–H and O–H groups in total. The number of phenols is 1. The molecule has 4 amide bonds. The van der Waals surface area contributed by atoms with Gasteiger partial charge in [0.1, 0.15) is 0 Å². The first-order chi connectivity index (χ1) is 23.7. The first-order valence-electron chi connectivity index (χ1n) is 17.5. The summed E-state index contributed by atoms with van der Waals surface area (Å²) in [4.78, 5) is 60.0. The van der Waals surface area contributed by atoms with Crippen LogP contribution in [0.4, 0.5) is 5.69 Å². The highest BCUT2D eigenvalue weighted by Crippen LogP contribution is 2.64. The Bertz CT molecular complexity index is 1870. The minimum absolute atomic E-state index is 0.0850. The number of carbonyl (C=O) groups is 4. The highest BCUT2D eigenvalue weighted by Gasteiger charge is 2.70. The minimum atomic E-state index is -1.39. The molecule has 9 nitrogen and oxygen atoms in total. The zero-order chi connectivity index (χ0) is 34.0. The molecular weight excluding hydrogens is 618 g/mol. The predicted octanol–water partition coefficient (Wildman–Crippen LogP) is 6.03. The lowest BCUT2D eigenvalue weighted by atomic mass is 9.49. The summed E-state index contributed by atoms with van der Waals surface area (Å²) in [7, 11) is 1.48. The van der Waals surface area contributed by atoms with Crippen molar-refractivity contribution in [1.29, 1.82) is 0 Å². The van der Waals surface area contributed by atoms with E-state index in [4.69, 9.17) is 4.74 Å². The van der Waals surface area contributed by atoms with E-state index >= 15 is 4.79 Å². The van der Waals surface area contributed by atoms with Crippen LogP contribution in [-0.2, 0) is 24.6 Å². The zero-order valence-electron chi connectivity index (χ0n) is 27.8. The van der Waals surface area contributed by atoms with Crippen molar-refractivity contribution in [3.63, 3.8) is 0 Å². The number of aryl methyl sites for hydroxylation is 1. The van der Waals surface area contributed by atoms with Gasteiger partial charge < -0.3 is 9.84 Å². The van der Waals surface area contributed by atoms with E-state index in [-0.39, 0.29) is 41.7 Å². The van der Waals surface area contributed by atoms with Crippen molar-refractivity contribution in [3.8, 4) is 11.5 Å². The Balaban J connectivity index is 1.31. The van der Waals surface area contributed by atoms with E-state index in [1.54, 1.807) is 17.0 Å². The number of aromatic hydroxyl groups is 1. The summed E-state index contributed by atoms with van der Waals surface area (Å²) in [5.41, 5.74) is 5.58. The summed E-state index contributed by atoms with van der Waals surface area (Å²) in [6.07, 6.45) is 7.42. The number of benzene rings is 3. The number of hydrogen-bond acceptors (Lipinski definition) is 7. The van der Waals surface area contributed by atoms with Crippen molar-refractivity contribution < 1.29 is 29.0 Å². The first kappa shape index (κ1) is 31.4. The third kappa shape index (κ3) is 4.65. The van der Waals surface area contributed by atoms with E-state index in [0.717, 1.165) is 48.2 Å². The molecule has 0 spiro atoms. The number of ether oxygens (including phenoxy) is 1. The molecule has 6 unspecified atom stereocenters. The molecule has 49 heavy (non-hydrogen) atoms. The molecule has 6 atom stereocenters. The Kier molecular flexibility index (Phi) is 7.61. The Morgan fingerprint density at radius 2 is 1.59 bits per heavy atom. The summed E-state index contributed by atoms with van der Waals surface area (Å²) in [6, 6.07) is 21.9. The maximum atomic E-state index is 15.2. The number of allylic oxidation sites excluding steroid dienone is 2. The van der Waals surface area contributed by atoms with Crippen LogP contribution >= 0.6 is 0 Å². The number of imide groups is 2. The second-order valence-corrected chi connectivity index (χ2v) is 14.4. The maximum absolute atomic E-state index is 15.2. The van der Waals surface area contributed by atoms with Gasteiger partial charge in [0.25, 0.3) is 11.8 Å². The topological polar surface area (TPSA) is 116 Å². The van der Waals surface area contributed by atoms with Crippen LogP contribution < -0.4 is 10.2 Å². The largest absolute Gasteiger partial charge is 0.504 e. The number of hydrazine groups is 1. The molecule has 2 saturated heterocycles. The van der Waals surface area contributed by atoms with Crippen LogP contribution in [0.1, 0.15) is 67.6 Å². The number of fused-ring (bicyclic) bond motifs is 4. The second kappa shape index (κ2) is 11.9. The van der Waals surface area contributed by atoms with Gasteiger partial charge in [-0.3, -0.25) is 29.5 Å². The first-order valence-corrected chi connectivity index (χ1v) is 17.5. The fourth-order valence-electron chi connectivity index (χ4n) is 9.73. The van der Waals surface area contributed by atoms with Gasteiger partial charge in [-0.05, 0) is 73.9 Å². The fraction of sp³-hybridized carbons (Fsp3) is 0.400. The lowest BCUT2D eigenvalue weighted by Crippen LogP contribution is -2.53. The van der Waals surface area contributed by atoms with Crippen LogP contribution in [0.3, 0.4) is 0 Å². The third-order valence-electron chi connectivity index (χ3n) is 11.9. The Labute approximate surface area is 285 Å². The zero-order valence-corrected chi connectivity index (χ0v) is 27.8. The fourth-order valence-corrected chi connectivity index (χ4v) is 9.73. The molecule has 2 saturated carbocycles. The van der Waals surface area contributed by atoms with E-state index in [1.807, 2.05) is 67.6 Å². The monoisotopic (exact) mass is 659 g/mol. The van der Waals surface area contributed by atoms with Crippen molar-refractivity contribution in [3.05, 3.63) is 101 Å². The van der Waals surface area contributed by atoms with Crippen LogP contribution in [0.2, 0.25) is 0 Å². The van der Waals surface area contributed by atoms with Crippen molar-refractivity contribution >= 4 is 29.3 Å². The number of hydrogen-bond donors (Lipinski definition) is 2. The molecule has 0 aromatic heterocycles. The Morgan fingerprint density at radius 3 is 2.29 bits per heavy atom. The normalized spacial score (nSPS) is 29.8. The van der Waals surface area contributed by atoms with Gasteiger partial charge in [-0.25, -0.2) is 0 Å². The van der Waals surface area contributed by atoms with Crippen molar-refractivity contribution in [2.45, 2.75) is 69.2 Å². The van der Waals surface area contributed by atoms with Crippen molar-refractivity contribution in [2.24, 2.45) is 23.7 Å². The predicted molar refractivity (Wildman–Crippen MR) is 182 cm³/mol. The number of carbonyl (C=O) groups excluding carboxylic acids is 4. The number of amides is 4. The average Bonchev–Trinajstić information content (AvgIpc) is 3.50. The average molecular weight is 660 g/mol. The molecule has 2 heterocycles. The molecule has 0 radical (unpaired) electrons. The number of anilines is 1. The van der Waals surface area contributed by atoms with Gasteiger partial charge >= 0.3 is 0 Å². The van der Waals surface area contributed by atoms with Crippen molar-refractivity contribution in [1.82, 2.24) is 9.91 Å². The van der Waals surface area contributed by atoms with Crippen LogP contribution in [0.25, 0.3) is 0 Å². The van der Waals surface area contributed by atoms with Crippen molar-refractivity contribution in [2.75, 3.05) is 12.5 Å². The lowest BCUT2D eigenvalue weighted by Gasteiger charge is -2.50. The molecule has 3 aliphatic carbocycles. The van der Waals surface area contributed by atoms with E-state index in [2.05, 4.69) is 11.5 Å². The number of nitrogens with one attached hydrogen (secondary N) is 1. The van der Waals surface area contributed by atoms with Gasteiger partial charge in [-0.2, -0.15) is 5.01 Å². The summed E-state index contributed by atoms with van der Waals surface area (Å²) in [6.45, 7) is 1.97. The van der Waals surface area contributed by atoms with Gasteiger partial charge in [-0.1, -0.05) is 85.0 Å². The standard InChI is InChI=1S/C40H41N3O6/c1-23-13-16-26(17-14-23)41-43-37(46)31-22-30-28(18-19-29-34(30)38(47)42(36(29)45)27-11-7-4-8-12-27)35(24-15-20-33(49-2)32(44)21-24)40(31,39(43)48)25-9-5-3-6-10-25/h3,5-6,9-10,13-18,20-21,27,29-31,34-35,41,44H,4,7-8,11-12,19,22H2,1-2H3. The Morgan fingerprint density at radius 1 is 0.857 bits per heavy atom. The molecule has 8 rings (SSSR count). The molecule has 3 aromatic carbocycles. The molecule has 2 aliphatic heterocycles. The smallest absolute Gasteiger partial charge is 0.260 e. The SMILES string of the molecule is COc1ccc(C2C3=CCC4C(=O)N(C5CCCCC5)C(=O)C4C3CC3C(=O)N(Nc4ccc(C)cc4)C(=O)C32c2ccccc2)cc1O. The number of methoxy groups -OCH3 is 1. The highest BCUT2D eigenvalue weighted by atomic mass is 16.5. The number of nitrogens with zero attached hydrogens (tertiary/aromatic N) is 2. The highest BCUT2D eigenvalue weighted by molar-refractivity contribution is 6.13. The summed E-state index contributed by atoms with van der Waals surface area (Å²) in [5, 5.41) is 12.2. The Hall–Kier alpha value is -4.92. The number of phenolic OH excluding ortho intramolecular Hbond substituents is 1. The molecular formula is C40H41N3O6. The van der Waals surface area contributed by atoms with Gasteiger partial charge in [0.05, 0.1) is 36.0 Å². The molecule has 9 heteroatoms. The van der Waals surface area contributed by atoms with Gasteiger partial charge in [0.2, 0.25) is 11.8 Å². The third-order valence-corrected chi connectivity index (χ3v) is 11.9. The van der Waals surface area contributed by atoms with Crippen LogP contribution in [0.15, 0.2) is 84.4 Å². The number of likely N-dealkylation sites (tertiary alicyclic amines) is 1. The van der Waals surface area contributed by atoms with Crippen LogP contribution in [0.5, 0.6) is 11.5 Å². The van der Waals surface area contributed by atoms with E-state index in [9.17, 15) is 19.5 Å². The lowest BCUT2D eigenvalue weighted by molar-refractivity contribution is -0.144. The van der Waals surface area contributed by atoms with Gasteiger partial charge in [0.15, 0.2) is 11.5 Å². The van der Waals surface area contributed by atoms with Gasteiger partial charge in [-0.15, -0.1) is 0 Å². The molecule has 252 valence electrons. The van der Waals surface area contributed by atoms with E-state index < -0.39 is 40.9 Å². The van der Waals surface area contributed by atoms with Crippen LogP contribution in [0, 0.1) is 30.6 Å². The van der Waals surface area contributed by atoms with E-state index in [1.165, 1.54) is 7.11 Å². The molecule has 4 fully saturated rings. The maximum Gasteiger partial charge on any atom is 0.260 e. The molecule has 5 aliphatic rings. The van der Waals surface area contributed by atoms with Gasteiger partial charge in [0, 0.05) is 12.0 Å². The summed E-state index contributed by atoms with van der Waals surface area (Å²) in [5.74, 6) is -3.91. The summed E-state index contributed by atoms with van der Waals surface area (Å²) >= 11 is 0. The summed E-state index contributed by atoms with van der Waals surface area (Å²) < 4.78 is 5.38. The molecule has 0 bridgehead atoms. The number of rotatable bonds is 6. The second-order valence-electron chi connectivity index (χ2n) is 14.4. The van der Waals surface area contributed by atoms with E-state index in [0.29, 0.717) is 23.2 Å².